The molecule has 9 heteroatoms. The molecule has 0 aliphatic carbocycles. The molecule has 3 aromatic rings. The molecule has 4 rings (SSSR count). The van der Waals surface area contributed by atoms with Gasteiger partial charge in [-0.1, -0.05) is 72.3 Å². The van der Waals surface area contributed by atoms with E-state index in [2.05, 4.69) is 0 Å². The van der Waals surface area contributed by atoms with Gasteiger partial charge in [-0.2, -0.15) is 13.2 Å². The number of rotatable bonds is 7. The average Bonchev–Trinajstić information content (AvgIpc) is 3.10. The zero-order chi connectivity index (χ0) is 26.8. The standard InChI is InChI=1S/C28H22ClF3N2O3/c1-18-23(24(35)20-10-6-3-7-11-20)27(28(30,31)32,33-25(36)21-12-14-22(29)15-13-21)26(37)34(18)17-16-19-8-4-2-5-9-19/h2-15H,16-17H2,1H3,(H,33,36)/t27-/m1/s1. The number of carbonyl (C=O) groups excluding carboxylic acids is 3. The minimum Gasteiger partial charge on any atom is -0.326 e. The number of carbonyl (C=O) groups is 3. The van der Waals surface area contributed by atoms with Crippen molar-refractivity contribution in [1.29, 1.82) is 0 Å². The summed E-state index contributed by atoms with van der Waals surface area (Å²) in [5.74, 6) is -3.60. The van der Waals surface area contributed by atoms with Crippen molar-refractivity contribution in [2.75, 3.05) is 6.54 Å². The highest BCUT2D eigenvalue weighted by atomic mass is 35.5. The Bertz CT molecular complexity index is 1360. The van der Waals surface area contributed by atoms with E-state index >= 15 is 0 Å². The fraction of sp³-hybridized carbons (Fsp3) is 0.179. The molecule has 1 N–H and O–H groups in total. The van der Waals surface area contributed by atoms with Crippen LogP contribution in [0.25, 0.3) is 0 Å². The Hall–Kier alpha value is -3.91. The van der Waals surface area contributed by atoms with E-state index in [1.165, 1.54) is 55.5 Å². The van der Waals surface area contributed by atoms with Crippen molar-refractivity contribution in [2.24, 2.45) is 0 Å². The van der Waals surface area contributed by atoms with Crippen molar-refractivity contribution in [2.45, 2.75) is 25.1 Å². The number of ketones is 1. The van der Waals surface area contributed by atoms with Crippen LogP contribution in [0.1, 0.15) is 33.2 Å². The van der Waals surface area contributed by atoms with Gasteiger partial charge in [0.2, 0.25) is 5.54 Å². The van der Waals surface area contributed by atoms with Crippen LogP contribution in [0, 0.1) is 0 Å². The summed E-state index contributed by atoms with van der Waals surface area (Å²) in [6, 6.07) is 21.5. The summed E-state index contributed by atoms with van der Waals surface area (Å²) in [7, 11) is 0. The summed E-state index contributed by atoms with van der Waals surface area (Å²) in [6.07, 6.45) is -5.08. The van der Waals surface area contributed by atoms with E-state index in [4.69, 9.17) is 11.6 Å². The number of amides is 2. The van der Waals surface area contributed by atoms with Crippen molar-refractivity contribution in [3.63, 3.8) is 0 Å². The zero-order valence-electron chi connectivity index (χ0n) is 19.7. The van der Waals surface area contributed by atoms with Gasteiger partial charge in [-0.3, -0.25) is 14.4 Å². The Morgan fingerprint density at radius 3 is 2.03 bits per heavy atom. The van der Waals surface area contributed by atoms with Crippen LogP contribution in [0.2, 0.25) is 5.02 Å². The number of halogens is 4. The molecule has 1 aliphatic rings. The van der Waals surface area contributed by atoms with Crippen LogP contribution in [-0.4, -0.2) is 40.8 Å². The van der Waals surface area contributed by atoms with Gasteiger partial charge in [-0.05, 0) is 43.2 Å². The second-order valence-electron chi connectivity index (χ2n) is 8.56. The lowest BCUT2D eigenvalue weighted by Gasteiger charge is -2.33. The molecule has 0 aromatic heterocycles. The normalized spacial score (nSPS) is 17.8. The first-order valence-corrected chi connectivity index (χ1v) is 11.8. The van der Waals surface area contributed by atoms with E-state index in [-0.39, 0.29) is 34.8 Å². The number of nitrogens with zero attached hydrogens (tertiary/aromatic N) is 1. The maximum Gasteiger partial charge on any atom is 0.425 e. The van der Waals surface area contributed by atoms with E-state index in [0.717, 1.165) is 10.5 Å². The van der Waals surface area contributed by atoms with Crippen molar-refractivity contribution in [1.82, 2.24) is 10.2 Å². The van der Waals surface area contributed by atoms with Crippen molar-refractivity contribution < 1.29 is 27.6 Å². The third-order valence-electron chi connectivity index (χ3n) is 6.27. The fourth-order valence-corrected chi connectivity index (χ4v) is 4.51. The lowest BCUT2D eigenvalue weighted by molar-refractivity contribution is -0.189. The van der Waals surface area contributed by atoms with Gasteiger partial charge in [0.1, 0.15) is 0 Å². The highest BCUT2D eigenvalue weighted by molar-refractivity contribution is 6.30. The summed E-state index contributed by atoms with van der Waals surface area (Å²) in [4.78, 5) is 41.2. The molecule has 0 saturated heterocycles. The van der Waals surface area contributed by atoms with Gasteiger partial charge in [-0.15, -0.1) is 0 Å². The zero-order valence-corrected chi connectivity index (χ0v) is 20.4. The Morgan fingerprint density at radius 2 is 1.46 bits per heavy atom. The molecule has 0 bridgehead atoms. The Kier molecular flexibility index (Phi) is 7.23. The van der Waals surface area contributed by atoms with Gasteiger partial charge in [0.05, 0.1) is 5.57 Å². The first-order valence-electron chi connectivity index (χ1n) is 11.4. The molecule has 1 heterocycles. The first-order chi connectivity index (χ1) is 17.6. The molecule has 3 aromatic carbocycles. The molecule has 1 aliphatic heterocycles. The quantitative estimate of drug-likeness (QED) is 0.407. The number of Topliss-reactive ketones (excluding diaryl/α,β-unsaturated/α-hetero) is 1. The van der Waals surface area contributed by atoms with E-state index < -0.39 is 34.9 Å². The molecule has 37 heavy (non-hydrogen) atoms. The largest absolute Gasteiger partial charge is 0.425 e. The summed E-state index contributed by atoms with van der Waals surface area (Å²) >= 11 is 5.84. The minimum absolute atomic E-state index is 0.0380. The predicted octanol–water partition coefficient (Wildman–Crippen LogP) is 5.61. The Balaban J connectivity index is 1.83. The molecular weight excluding hydrogens is 505 g/mol. The molecule has 0 radical (unpaired) electrons. The van der Waals surface area contributed by atoms with Gasteiger partial charge < -0.3 is 10.2 Å². The number of allylic oxidation sites excluding steroid dienone is 1. The SMILES string of the molecule is CC1=C(C(=O)c2ccccc2)[C@](NC(=O)c2ccc(Cl)cc2)(C(F)(F)F)C(=O)N1CCc1ccccc1. The molecule has 0 saturated carbocycles. The first kappa shape index (κ1) is 26.2. The molecule has 190 valence electrons. The third-order valence-corrected chi connectivity index (χ3v) is 6.52. The molecule has 0 spiro atoms. The highest BCUT2D eigenvalue weighted by Gasteiger charge is 2.70. The molecule has 1 atom stereocenters. The van der Waals surface area contributed by atoms with Crippen molar-refractivity contribution in [3.05, 3.63) is 118 Å². The highest BCUT2D eigenvalue weighted by Crippen LogP contribution is 2.46. The maximum absolute atomic E-state index is 15.0. The second kappa shape index (κ2) is 10.2. The lowest BCUT2D eigenvalue weighted by atomic mass is 9.84. The summed E-state index contributed by atoms with van der Waals surface area (Å²) in [6.45, 7) is 1.18. The topological polar surface area (TPSA) is 66.5 Å². The van der Waals surface area contributed by atoms with Crippen LogP contribution in [0.15, 0.2) is 96.2 Å². The third kappa shape index (κ3) is 4.89. The second-order valence-corrected chi connectivity index (χ2v) is 8.99. The van der Waals surface area contributed by atoms with Crippen LogP contribution >= 0.6 is 11.6 Å². The maximum atomic E-state index is 15.0. The fourth-order valence-electron chi connectivity index (χ4n) is 4.38. The number of benzene rings is 3. The molecule has 0 unspecified atom stereocenters. The lowest BCUT2D eigenvalue weighted by Crippen LogP contribution is -2.66. The van der Waals surface area contributed by atoms with Crippen molar-refractivity contribution >= 4 is 29.2 Å². The van der Waals surface area contributed by atoms with E-state index in [0.29, 0.717) is 0 Å². The summed E-state index contributed by atoms with van der Waals surface area (Å²) in [5.41, 5.74) is -3.95. The van der Waals surface area contributed by atoms with Gasteiger partial charge >= 0.3 is 6.18 Å². The molecule has 2 amide bonds. The van der Waals surface area contributed by atoms with Crippen LogP contribution in [0.3, 0.4) is 0 Å². The van der Waals surface area contributed by atoms with Crippen LogP contribution in [0.5, 0.6) is 0 Å². The Morgan fingerprint density at radius 1 is 0.892 bits per heavy atom. The van der Waals surface area contributed by atoms with Gasteiger partial charge in [0, 0.05) is 28.4 Å². The van der Waals surface area contributed by atoms with E-state index in [9.17, 15) is 27.6 Å². The number of nitrogens with one attached hydrogen (secondary N) is 1. The monoisotopic (exact) mass is 526 g/mol. The minimum atomic E-state index is -5.32. The van der Waals surface area contributed by atoms with Crippen molar-refractivity contribution in [3.8, 4) is 0 Å². The van der Waals surface area contributed by atoms with Gasteiger partial charge in [0.15, 0.2) is 5.78 Å². The van der Waals surface area contributed by atoms with Crippen LogP contribution in [-0.2, 0) is 11.2 Å². The molecular formula is C28H22ClF3N2O3. The average molecular weight is 527 g/mol. The Labute approximate surface area is 216 Å². The summed E-state index contributed by atoms with van der Waals surface area (Å²) < 4.78 is 44.9. The number of hydrogen-bond donors (Lipinski definition) is 1. The van der Waals surface area contributed by atoms with Crippen LogP contribution < -0.4 is 5.32 Å². The summed E-state index contributed by atoms with van der Waals surface area (Å²) in [5, 5.41) is 2.18. The van der Waals surface area contributed by atoms with Gasteiger partial charge in [-0.25, -0.2) is 0 Å². The van der Waals surface area contributed by atoms with Crippen LogP contribution in [0.4, 0.5) is 13.2 Å². The molecule has 5 nitrogen and oxygen atoms in total. The molecule has 0 fully saturated rings. The van der Waals surface area contributed by atoms with E-state index in [1.54, 1.807) is 36.4 Å². The number of alkyl halides is 3. The van der Waals surface area contributed by atoms with E-state index in [1.807, 2.05) is 5.32 Å². The van der Waals surface area contributed by atoms with Gasteiger partial charge in [0.25, 0.3) is 11.8 Å². The number of hydrogen-bond acceptors (Lipinski definition) is 3. The predicted molar refractivity (Wildman–Crippen MR) is 133 cm³/mol. The smallest absolute Gasteiger partial charge is 0.326 e.